The minimum absolute atomic E-state index is 0.00208. The number of alkyl halides is 4. The number of nitrogens with zero attached hydrogens (tertiary/aromatic N) is 1. The Morgan fingerprint density at radius 1 is 1.27 bits per heavy atom. The van der Waals surface area contributed by atoms with Gasteiger partial charge in [-0.2, -0.15) is 13.2 Å². The number of carbonyl (C=O) groups excluding carboxylic acids is 1. The van der Waals surface area contributed by atoms with Gasteiger partial charge in [-0.3, -0.25) is 4.79 Å². The summed E-state index contributed by atoms with van der Waals surface area (Å²) < 4.78 is 36.4. The molecule has 0 aliphatic rings. The predicted octanol–water partition coefficient (Wildman–Crippen LogP) is 2.66. The zero-order chi connectivity index (χ0) is 12.3. The fraction of sp³-hybridized carbons (Fsp3) is 0.889. The summed E-state index contributed by atoms with van der Waals surface area (Å²) in [4.78, 5) is 12.3. The smallest absolute Gasteiger partial charge is 0.332 e. The van der Waals surface area contributed by atoms with E-state index in [-0.39, 0.29) is 12.4 Å². The molecule has 0 aromatic carbocycles. The van der Waals surface area contributed by atoms with Gasteiger partial charge >= 0.3 is 6.18 Å². The second-order valence-corrected chi connectivity index (χ2v) is 4.66. The van der Waals surface area contributed by atoms with Crippen LogP contribution in [0.15, 0.2) is 0 Å². The van der Waals surface area contributed by atoms with Crippen molar-refractivity contribution in [1.82, 2.24) is 4.90 Å². The van der Waals surface area contributed by atoms with E-state index < -0.39 is 24.0 Å². The summed E-state index contributed by atoms with van der Waals surface area (Å²) >= 11 is 5.36. The average molecular weight is 246 g/mol. The van der Waals surface area contributed by atoms with E-state index in [0.717, 1.165) is 4.90 Å². The van der Waals surface area contributed by atoms with Crippen molar-refractivity contribution in [3.63, 3.8) is 0 Å². The summed E-state index contributed by atoms with van der Waals surface area (Å²) in [5, 5.41) is 0. The van der Waals surface area contributed by atoms with Crippen molar-refractivity contribution in [2.75, 3.05) is 19.0 Å². The minimum atomic E-state index is -4.38. The van der Waals surface area contributed by atoms with E-state index in [0.29, 0.717) is 0 Å². The zero-order valence-corrected chi connectivity index (χ0v) is 9.74. The molecule has 0 saturated carbocycles. The molecule has 0 bridgehead atoms. The van der Waals surface area contributed by atoms with Crippen LogP contribution in [0.25, 0.3) is 0 Å². The molecule has 90 valence electrons. The SMILES string of the molecule is CC(C)(C)C(=O)N(CCCl)CC(F)(F)F. The van der Waals surface area contributed by atoms with E-state index in [1.165, 1.54) is 0 Å². The Balaban J connectivity index is 4.60. The van der Waals surface area contributed by atoms with Gasteiger partial charge in [0.1, 0.15) is 6.54 Å². The van der Waals surface area contributed by atoms with E-state index >= 15 is 0 Å². The van der Waals surface area contributed by atoms with Crippen molar-refractivity contribution in [3.8, 4) is 0 Å². The molecule has 0 aliphatic carbocycles. The summed E-state index contributed by atoms with van der Waals surface area (Å²) in [6.45, 7) is 3.40. The molecule has 6 heteroatoms. The first-order valence-corrected chi connectivity index (χ1v) is 5.03. The Labute approximate surface area is 92.4 Å². The fourth-order valence-corrected chi connectivity index (χ4v) is 1.25. The highest BCUT2D eigenvalue weighted by Gasteiger charge is 2.36. The largest absolute Gasteiger partial charge is 0.406 e. The van der Waals surface area contributed by atoms with E-state index in [4.69, 9.17) is 11.6 Å². The minimum Gasteiger partial charge on any atom is -0.332 e. The van der Waals surface area contributed by atoms with Gasteiger partial charge in [0.05, 0.1) is 0 Å². The molecule has 0 rings (SSSR count). The molecule has 0 heterocycles. The van der Waals surface area contributed by atoms with Crippen LogP contribution in [0.1, 0.15) is 20.8 Å². The Kier molecular flexibility index (Phi) is 4.90. The third-order valence-corrected chi connectivity index (χ3v) is 1.82. The van der Waals surface area contributed by atoms with Gasteiger partial charge in [-0.25, -0.2) is 0 Å². The maximum atomic E-state index is 12.1. The Morgan fingerprint density at radius 2 is 1.73 bits per heavy atom. The molecular formula is C9H15ClF3NO. The molecule has 0 fully saturated rings. The first kappa shape index (κ1) is 14.6. The van der Waals surface area contributed by atoms with Gasteiger partial charge in [0.2, 0.25) is 5.91 Å². The zero-order valence-electron chi connectivity index (χ0n) is 8.99. The van der Waals surface area contributed by atoms with Crippen LogP contribution in [0.3, 0.4) is 0 Å². The second-order valence-electron chi connectivity index (χ2n) is 4.28. The number of hydrogen-bond acceptors (Lipinski definition) is 1. The molecular weight excluding hydrogens is 231 g/mol. The maximum absolute atomic E-state index is 12.1. The van der Waals surface area contributed by atoms with Crippen molar-refractivity contribution in [2.45, 2.75) is 26.9 Å². The predicted molar refractivity (Wildman–Crippen MR) is 52.8 cm³/mol. The van der Waals surface area contributed by atoms with Crippen LogP contribution in [0.4, 0.5) is 13.2 Å². The molecule has 0 unspecified atom stereocenters. The lowest BCUT2D eigenvalue weighted by Gasteiger charge is -2.29. The molecule has 0 radical (unpaired) electrons. The van der Waals surface area contributed by atoms with E-state index in [1.807, 2.05) is 0 Å². The summed E-state index contributed by atoms with van der Waals surface area (Å²) in [7, 11) is 0. The molecule has 15 heavy (non-hydrogen) atoms. The van der Waals surface area contributed by atoms with Crippen LogP contribution in [-0.2, 0) is 4.79 Å². The highest BCUT2D eigenvalue weighted by Crippen LogP contribution is 2.22. The molecule has 0 aromatic rings. The summed E-state index contributed by atoms with van der Waals surface area (Å²) in [6, 6.07) is 0. The van der Waals surface area contributed by atoms with Gasteiger partial charge in [-0.05, 0) is 0 Å². The van der Waals surface area contributed by atoms with Gasteiger partial charge in [-0.1, -0.05) is 20.8 Å². The van der Waals surface area contributed by atoms with Gasteiger partial charge < -0.3 is 4.90 Å². The standard InChI is InChI=1S/C9H15ClF3NO/c1-8(2,3)7(15)14(5-4-10)6-9(11,12)13/h4-6H2,1-3H3. The van der Waals surface area contributed by atoms with Crippen molar-refractivity contribution >= 4 is 17.5 Å². The topological polar surface area (TPSA) is 20.3 Å². The van der Waals surface area contributed by atoms with Crippen molar-refractivity contribution < 1.29 is 18.0 Å². The number of amides is 1. The average Bonchev–Trinajstić information content (AvgIpc) is 1.98. The van der Waals surface area contributed by atoms with Crippen molar-refractivity contribution in [2.24, 2.45) is 5.41 Å². The number of hydrogen-bond donors (Lipinski definition) is 0. The second kappa shape index (κ2) is 5.05. The molecule has 0 aliphatic heterocycles. The number of halogens is 4. The first-order valence-electron chi connectivity index (χ1n) is 4.50. The van der Waals surface area contributed by atoms with Crippen LogP contribution in [0, 0.1) is 5.41 Å². The van der Waals surface area contributed by atoms with E-state index in [1.54, 1.807) is 20.8 Å². The van der Waals surface area contributed by atoms with E-state index in [9.17, 15) is 18.0 Å². The Hall–Kier alpha value is -0.450. The molecule has 0 saturated heterocycles. The Bertz CT molecular complexity index is 222. The number of rotatable bonds is 3. The quantitative estimate of drug-likeness (QED) is 0.700. The summed E-state index contributed by atoms with van der Waals surface area (Å²) in [5.41, 5.74) is -0.822. The lowest BCUT2D eigenvalue weighted by atomic mass is 9.95. The lowest BCUT2D eigenvalue weighted by molar-refractivity contribution is -0.165. The monoisotopic (exact) mass is 245 g/mol. The van der Waals surface area contributed by atoms with Gasteiger partial charge in [0, 0.05) is 17.8 Å². The van der Waals surface area contributed by atoms with Crippen LogP contribution >= 0.6 is 11.6 Å². The van der Waals surface area contributed by atoms with Gasteiger partial charge in [0.25, 0.3) is 0 Å². The van der Waals surface area contributed by atoms with Crippen LogP contribution in [-0.4, -0.2) is 36.0 Å². The highest BCUT2D eigenvalue weighted by atomic mass is 35.5. The van der Waals surface area contributed by atoms with Gasteiger partial charge in [-0.15, -0.1) is 11.6 Å². The first-order chi connectivity index (χ1) is 6.58. The highest BCUT2D eigenvalue weighted by molar-refractivity contribution is 6.18. The van der Waals surface area contributed by atoms with Crippen molar-refractivity contribution in [3.05, 3.63) is 0 Å². The number of carbonyl (C=O) groups is 1. The normalized spacial score (nSPS) is 12.7. The van der Waals surface area contributed by atoms with Gasteiger partial charge in [0.15, 0.2) is 0 Å². The molecule has 0 aromatic heterocycles. The van der Waals surface area contributed by atoms with Crippen LogP contribution in [0.5, 0.6) is 0 Å². The molecule has 0 atom stereocenters. The maximum Gasteiger partial charge on any atom is 0.406 e. The van der Waals surface area contributed by atoms with Crippen LogP contribution < -0.4 is 0 Å². The van der Waals surface area contributed by atoms with Crippen LogP contribution in [0.2, 0.25) is 0 Å². The lowest BCUT2D eigenvalue weighted by Crippen LogP contribution is -2.45. The molecule has 0 spiro atoms. The molecule has 1 amide bonds. The summed E-state index contributed by atoms with van der Waals surface area (Å²) in [6.07, 6.45) is -4.38. The van der Waals surface area contributed by atoms with Crippen molar-refractivity contribution in [1.29, 1.82) is 0 Å². The molecule has 0 N–H and O–H groups in total. The molecule has 2 nitrogen and oxygen atoms in total. The fourth-order valence-electron chi connectivity index (χ4n) is 1.05. The third kappa shape index (κ3) is 5.87. The van der Waals surface area contributed by atoms with E-state index in [2.05, 4.69) is 0 Å². The third-order valence-electron chi connectivity index (χ3n) is 1.65. The summed E-state index contributed by atoms with van der Waals surface area (Å²) in [5.74, 6) is -0.543. The Morgan fingerprint density at radius 3 is 2.00 bits per heavy atom.